The lowest BCUT2D eigenvalue weighted by molar-refractivity contribution is -0.117. The Morgan fingerprint density at radius 3 is 2.63 bits per heavy atom. The topological polar surface area (TPSA) is 49.3 Å². The summed E-state index contributed by atoms with van der Waals surface area (Å²) >= 11 is 6.08. The highest BCUT2D eigenvalue weighted by Crippen LogP contribution is 2.22. The molecule has 2 N–H and O–H groups in total. The maximum atomic E-state index is 11.9. The summed E-state index contributed by atoms with van der Waals surface area (Å²) in [7, 11) is 0. The van der Waals surface area contributed by atoms with Gasteiger partial charge in [-0.05, 0) is 37.0 Å². The molecule has 19 heavy (non-hydrogen) atoms. The first kappa shape index (κ1) is 15.7. The molecule has 0 aliphatic carbocycles. The highest BCUT2D eigenvalue weighted by Gasteiger charge is 2.13. The van der Waals surface area contributed by atoms with Crippen LogP contribution in [0.25, 0.3) is 5.57 Å². The second-order valence-corrected chi connectivity index (χ2v) is 5.17. The number of nitrogens with one attached hydrogen (secondary N) is 1. The molecular formula is C15H20ClNO2. The van der Waals surface area contributed by atoms with Crippen LogP contribution >= 0.6 is 11.6 Å². The first-order valence-electron chi connectivity index (χ1n) is 6.30. The first-order chi connectivity index (χ1) is 8.95. The zero-order chi connectivity index (χ0) is 14.4. The molecule has 3 nitrogen and oxygen atoms in total. The zero-order valence-electron chi connectivity index (χ0n) is 11.5. The number of carbonyl (C=O) groups is 1. The lowest BCUT2D eigenvalue weighted by Gasteiger charge is -2.18. The zero-order valence-corrected chi connectivity index (χ0v) is 12.2. The summed E-state index contributed by atoms with van der Waals surface area (Å²) in [4.78, 5) is 11.9. The first-order valence-corrected chi connectivity index (χ1v) is 6.68. The molecule has 2 unspecified atom stereocenters. The lowest BCUT2D eigenvalue weighted by Crippen LogP contribution is -2.37. The summed E-state index contributed by atoms with van der Waals surface area (Å²) < 4.78 is 0. The van der Waals surface area contributed by atoms with Crippen molar-refractivity contribution in [3.63, 3.8) is 0 Å². The Balaban J connectivity index is 2.74. The van der Waals surface area contributed by atoms with E-state index in [2.05, 4.69) is 5.32 Å². The summed E-state index contributed by atoms with van der Waals surface area (Å²) in [6.45, 7) is 5.66. The van der Waals surface area contributed by atoms with Gasteiger partial charge in [-0.1, -0.05) is 36.7 Å². The van der Waals surface area contributed by atoms with E-state index in [4.69, 9.17) is 16.7 Å². The van der Waals surface area contributed by atoms with Crippen molar-refractivity contribution in [3.8, 4) is 0 Å². The minimum atomic E-state index is -0.176. The van der Waals surface area contributed by atoms with E-state index in [0.29, 0.717) is 5.02 Å². The Bertz CT molecular complexity index is 471. The van der Waals surface area contributed by atoms with Gasteiger partial charge in [0.1, 0.15) is 0 Å². The minimum absolute atomic E-state index is 0.0259. The van der Waals surface area contributed by atoms with Gasteiger partial charge in [-0.3, -0.25) is 4.79 Å². The largest absolute Gasteiger partial charge is 0.396 e. The van der Waals surface area contributed by atoms with E-state index in [1.165, 1.54) is 6.08 Å². The third kappa shape index (κ3) is 4.69. The number of hydrogen-bond donors (Lipinski definition) is 2. The number of allylic oxidation sites excluding steroid dienone is 1. The predicted molar refractivity (Wildman–Crippen MR) is 79.0 cm³/mol. The van der Waals surface area contributed by atoms with Crippen molar-refractivity contribution in [2.24, 2.45) is 5.92 Å². The van der Waals surface area contributed by atoms with Crippen LogP contribution in [0.1, 0.15) is 26.3 Å². The van der Waals surface area contributed by atoms with Crippen molar-refractivity contribution < 1.29 is 9.90 Å². The second-order valence-electron chi connectivity index (χ2n) is 4.76. The van der Waals surface area contributed by atoms with Crippen LogP contribution in [-0.2, 0) is 4.79 Å². The summed E-state index contributed by atoms with van der Waals surface area (Å²) in [5.41, 5.74) is 1.66. The monoisotopic (exact) mass is 281 g/mol. The van der Waals surface area contributed by atoms with Crippen LogP contribution in [-0.4, -0.2) is 23.7 Å². The highest BCUT2D eigenvalue weighted by atomic mass is 35.5. The molecule has 0 aromatic heterocycles. The van der Waals surface area contributed by atoms with E-state index in [0.717, 1.165) is 11.1 Å². The van der Waals surface area contributed by atoms with Gasteiger partial charge in [0.15, 0.2) is 0 Å². The number of aliphatic hydroxyl groups is 1. The molecule has 1 amide bonds. The lowest BCUT2D eigenvalue weighted by atomic mass is 10.0. The number of carbonyl (C=O) groups excluding carboxylic acids is 1. The van der Waals surface area contributed by atoms with E-state index >= 15 is 0 Å². The van der Waals surface area contributed by atoms with E-state index in [-0.39, 0.29) is 24.5 Å². The fourth-order valence-corrected chi connectivity index (χ4v) is 1.91. The molecule has 1 aromatic rings. The molecule has 0 saturated carbocycles. The van der Waals surface area contributed by atoms with Gasteiger partial charge in [0.2, 0.25) is 5.91 Å². The molecule has 2 atom stereocenters. The summed E-state index contributed by atoms with van der Waals surface area (Å²) in [6, 6.07) is 7.33. The molecule has 104 valence electrons. The van der Waals surface area contributed by atoms with E-state index in [1.54, 1.807) is 6.07 Å². The molecule has 0 saturated heterocycles. The maximum Gasteiger partial charge on any atom is 0.244 e. The van der Waals surface area contributed by atoms with Crippen molar-refractivity contribution in [1.82, 2.24) is 5.32 Å². The standard InChI is InChI=1S/C15H20ClNO2/c1-10(13-6-4-5-7-14(13)16)8-15(19)17-12(3)11(2)9-18/h4-8,11-12,18H,9H2,1-3H3,(H,17,19)/b10-8-. The van der Waals surface area contributed by atoms with Gasteiger partial charge in [0.25, 0.3) is 0 Å². The van der Waals surface area contributed by atoms with Gasteiger partial charge in [-0.15, -0.1) is 0 Å². The smallest absolute Gasteiger partial charge is 0.244 e. The normalized spacial score (nSPS) is 14.9. The molecule has 0 fully saturated rings. The number of rotatable bonds is 5. The second kappa shape index (κ2) is 7.31. The third-order valence-corrected chi connectivity index (χ3v) is 3.49. The molecule has 1 aromatic carbocycles. The molecule has 4 heteroatoms. The van der Waals surface area contributed by atoms with E-state index in [1.807, 2.05) is 39.0 Å². The molecule has 0 radical (unpaired) electrons. The van der Waals surface area contributed by atoms with Crippen LogP contribution in [0.3, 0.4) is 0 Å². The number of hydrogen-bond acceptors (Lipinski definition) is 2. The Kier molecular flexibility index (Phi) is 6.06. The third-order valence-electron chi connectivity index (χ3n) is 3.16. The van der Waals surface area contributed by atoms with Crippen LogP contribution in [0.4, 0.5) is 0 Å². The Morgan fingerprint density at radius 1 is 1.42 bits per heavy atom. The fourth-order valence-electron chi connectivity index (χ4n) is 1.62. The van der Waals surface area contributed by atoms with Gasteiger partial charge in [-0.25, -0.2) is 0 Å². The molecule has 0 bridgehead atoms. The van der Waals surface area contributed by atoms with Crippen LogP contribution in [0.5, 0.6) is 0 Å². The molecule has 1 rings (SSSR count). The average molecular weight is 282 g/mol. The number of aliphatic hydroxyl groups excluding tert-OH is 1. The summed E-state index contributed by atoms with van der Waals surface area (Å²) in [5.74, 6) is -0.150. The van der Waals surface area contributed by atoms with E-state index in [9.17, 15) is 4.79 Å². The maximum absolute atomic E-state index is 11.9. The minimum Gasteiger partial charge on any atom is -0.396 e. The Morgan fingerprint density at radius 2 is 2.05 bits per heavy atom. The van der Waals surface area contributed by atoms with Crippen molar-refractivity contribution in [1.29, 1.82) is 0 Å². The van der Waals surface area contributed by atoms with Crippen LogP contribution < -0.4 is 5.32 Å². The van der Waals surface area contributed by atoms with Crippen LogP contribution in [0, 0.1) is 5.92 Å². The van der Waals surface area contributed by atoms with Crippen LogP contribution in [0.2, 0.25) is 5.02 Å². The quantitative estimate of drug-likeness (QED) is 0.816. The number of benzene rings is 1. The molecule has 0 spiro atoms. The van der Waals surface area contributed by atoms with Gasteiger partial charge < -0.3 is 10.4 Å². The molecule has 0 aliphatic rings. The van der Waals surface area contributed by atoms with Crippen molar-refractivity contribution in [2.45, 2.75) is 26.8 Å². The van der Waals surface area contributed by atoms with Gasteiger partial charge in [0, 0.05) is 23.7 Å². The summed E-state index contributed by atoms with van der Waals surface area (Å²) in [6.07, 6.45) is 1.53. The van der Waals surface area contributed by atoms with Crippen LogP contribution in [0.15, 0.2) is 30.3 Å². The van der Waals surface area contributed by atoms with Gasteiger partial charge in [-0.2, -0.15) is 0 Å². The summed E-state index contributed by atoms with van der Waals surface area (Å²) in [5, 5.41) is 12.5. The Labute approximate surface area is 119 Å². The molecular weight excluding hydrogens is 262 g/mol. The fraction of sp³-hybridized carbons (Fsp3) is 0.400. The van der Waals surface area contributed by atoms with Gasteiger partial charge in [0.05, 0.1) is 0 Å². The molecule has 0 aliphatic heterocycles. The highest BCUT2D eigenvalue weighted by molar-refractivity contribution is 6.32. The molecule has 0 heterocycles. The van der Waals surface area contributed by atoms with Crippen molar-refractivity contribution in [2.75, 3.05) is 6.61 Å². The number of halogens is 1. The SMILES string of the molecule is C/C(=C/C(=O)NC(C)C(C)CO)c1ccccc1Cl. The number of amides is 1. The predicted octanol–water partition coefficient (Wildman–Crippen LogP) is 2.88. The van der Waals surface area contributed by atoms with Gasteiger partial charge >= 0.3 is 0 Å². The Hall–Kier alpha value is -1.32. The van der Waals surface area contributed by atoms with E-state index < -0.39 is 0 Å². The van der Waals surface area contributed by atoms with Crippen molar-refractivity contribution >= 4 is 23.1 Å². The average Bonchev–Trinajstić information content (AvgIpc) is 2.37. The van der Waals surface area contributed by atoms with Crippen molar-refractivity contribution in [3.05, 3.63) is 40.9 Å².